The molecule has 1 amide bonds. The van der Waals surface area contributed by atoms with Crippen LogP contribution in [0.2, 0.25) is 0 Å². The van der Waals surface area contributed by atoms with Gasteiger partial charge in [0.1, 0.15) is 23.7 Å². The van der Waals surface area contributed by atoms with Crippen LogP contribution in [0.3, 0.4) is 0 Å². The molecule has 1 unspecified atom stereocenters. The van der Waals surface area contributed by atoms with Crippen LogP contribution in [-0.4, -0.2) is 37.6 Å². The van der Waals surface area contributed by atoms with E-state index in [1.165, 1.54) is 27.9 Å². The average molecular weight is 407 g/mol. The standard InChI is InChI=1S/C20H18FN7O2/c1-10-13-6-12(21)5-4-11(13)9-27(2)20(29)17-16(15(7-22)28(3)26-17)14-8-24-18(23)19(25-14)30-10/h4-6,8,10H,9H2,1-3H3,(H2,23,24). The Morgan fingerprint density at radius 2 is 2.13 bits per heavy atom. The molecule has 152 valence electrons. The third kappa shape index (κ3) is 3.10. The highest BCUT2D eigenvalue weighted by atomic mass is 19.1. The van der Waals surface area contributed by atoms with Crippen molar-refractivity contribution < 1.29 is 13.9 Å². The summed E-state index contributed by atoms with van der Waals surface area (Å²) >= 11 is 0. The second kappa shape index (κ2) is 7.11. The number of nitriles is 1. The number of hydrogen-bond donors (Lipinski definition) is 1. The maximum Gasteiger partial charge on any atom is 0.275 e. The van der Waals surface area contributed by atoms with Gasteiger partial charge in [0.25, 0.3) is 11.8 Å². The lowest BCUT2D eigenvalue weighted by atomic mass is 10.0. The number of rotatable bonds is 0. The highest BCUT2D eigenvalue weighted by Crippen LogP contribution is 2.33. The summed E-state index contributed by atoms with van der Waals surface area (Å²) < 4.78 is 21.2. The number of anilines is 1. The molecule has 4 rings (SSSR count). The fraction of sp³-hybridized carbons (Fsp3) is 0.250. The first-order valence-corrected chi connectivity index (χ1v) is 9.10. The summed E-state index contributed by atoms with van der Waals surface area (Å²) in [5.41, 5.74) is 7.88. The van der Waals surface area contributed by atoms with Crippen LogP contribution in [0.5, 0.6) is 5.88 Å². The number of nitrogen functional groups attached to an aromatic ring is 1. The molecule has 0 saturated carbocycles. The number of carbonyl (C=O) groups is 1. The van der Waals surface area contributed by atoms with Crippen molar-refractivity contribution in [3.63, 3.8) is 0 Å². The number of halogens is 1. The Bertz CT molecular complexity index is 1210. The average Bonchev–Trinajstić information content (AvgIpc) is 3.05. The Morgan fingerprint density at radius 3 is 2.87 bits per heavy atom. The van der Waals surface area contributed by atoms with Gasteiger partial charge in [0.05, 0.1) is 17.5 Å². The summed E-state index contributed by atoms with van der Waals surface area (Å²) in [5.74, 6) is -0.779. The third-order valence-electron chi connectivity index (χ3n) is 4.97. The fourth-order valence-corrected chi connectivity index (χ4v) is 3.46. The van der Waals surface area contributed by atoms with Crippen molar-refractivity contribution in [3.05, 3.63) is 52.7 Å². The van der Waals surface area contributed by atoms with Gasteiger partial charge in [-0.2, -0.15) is 10.4 Å². The van der Waals surface area contributed by atoms with Gasteiger partial charge in [-0.25, -0.2) is 14.4 Å². The second-order valence-corrected chi connectivity index (χ2v) is 7.02. The summed E-state index contributed by atoms with van der Waals surface area (Å²) in [6.07, 6.45) is 0.746. The summed E-state index contributed by atoms with van der Waals surface area (Å²) in [6, 6.07) is 6.34. The van der Waals surface area contributed by atoms with E-state index in [2.05, 4.69) is 21.1 Å². The number of benzene rings is 1. The molecule has 2 aromatic heterocycles. The molecule has 10 heteroatoms. The Morgan fingerprint density at radius 1 is 1.37 bits per heavy atom. The highest BCUT2D eigenvalue weighted by molar-refractivity contribution is 5.99. The molecule has 0 radical (unpaired) electrons. The van der Waals surface area contributed by atoms with Crippen molar-refractivity contribution >= 4 is 11.7 Å². The molecule has 0 aliphatic carbocycles. The third-order valence-corrected chi connectivity index (χ3v) is 4.97. The molecular formula is C20H18FN7O2. The van der Waals surface area contributed by atoms with E-state index in [1.54, 1.807) is 27.1 Å². The zero-order chi connectivity index (χ0) is 21.6. The molecule has 0 fully saturated rings. The van der Waals surface area contributed by atoms with Gasteiger partial charge in [0.15, 0.2) is 11.5 Å². The minimum absolute atomic E-state index is 0.0234. The Kier molecular flexibility index (Phi) is 4.58. The molecule has 2 bridgehead atoms. The van der Waals surface area contributed by atoms with Crippen molar-refractivity contribution in [2.24, 2.45) is 7.05 Å². The van der Waals surface area contributed by atoms with Gasteiger partial charge in [-0.05, 0) is 30.2 Å². The quantitative estimate of drug-likeness (QED) is 0.606. The van der Waals surface area contributed by atoms with Crippen LogP contribution in [0.25, 0.3) is 11.3 Å². The summed E-state index contributed by atoms with van der Waals surface area (Å²) in [6.45, 7) is 1.92. The monoisotopic (exact) mass is 407 g/mol. The first-order valence-electron chi connectivity index (χ1n) is 9.10. The normalized spacial score (nSPS) is 15.9. The molecule has 3 aromatic rings. The molecule has 9 nitrogen and oxygen atoms in total. The van der Waals surface area contributed by atoms with E-state index in [0.29, 0.717) is 11.1 Å². The highest BCUT2D eigenvalue weighted by Gasteiger charge is 2.29. The maximum absolute atomic E-state index is 13.9. The van der Waals surface area contributed by atoms with Crippen LogP contribution in [0.15, 0.2) is 24.4 Å². The van der Waals surface area contributed by atoms with Crippen molar-refractivity contribution in [2.75, 3.05) is 12.8 Å². The van der Waals surface area contributed by atoms with Crippen LogP contribution in [0.4, 0.5) is 10.2 Å². The van der Waals surface area contributed by atoms with E-state index in [0.717, 1.165) is 0 Å². The van der Waals surface area contributed by atoms with Crippen LogP contribution in [0.1, 0.15) is 40.3 Å². The number of nitrogens with zero attached hydrogens (tertiary/aromatic N) is 6. The lowest BCUT2D eigenvalue weighted by Gasteiger charge is -2.23. The zero-order valence-corrected chi connectivity index (χ0v) is 16.5. The molecular weight excluding hydrogens is 389 g/mol. The predicted molar refractivity (Wildman–Crippen MR) is 105 cm³/mol. The van der Waals surface area contributed by atoms with Crippen molar-refractivity contribution in [3.8, 4) is 23.2 Å². The lowest BCUT2D eigenvalue weighted by Crippen LogP contribution is -2.28. The van der Waals surface area contributed by atoms with Gasteiger partial charge < -0.3 is 15.4 Å². The Balaban J connectivity index is 1.99. The smallest absolute Gasteiger partial charge is 0.275 e. The van der Waals surface area contributed by atoms with Gasteiger partial charge >= 0.3 is 0 Å². The molecule has 1 atom stereocenters. The number of ether oxygens (including phenoxy) is 1. The predicted octanol–water partition coefficient (Wildman–Crippen LogP) is 2.20. The zero-order valence-electron chi connectivity index (χ0n) is 16.5. The van der Waals surface area contributed by atoms with Crippen molar-refractivity contribution in [1.82, 2.24) is 24.6 Å². The van der Waals surface area contributed by atoms with E-state index in [1.807, 2.05) is 0 Å². The maximum atomic E-state index is 13.9. The molecule has 30 heavy (non-hydrogen) atoms. The number of carbonyl (C=O) groups excluding carboxylic acids is 1. The number of hydrogen-bond acceptors (Lipinski definition) is 7. The topological polar surface area (TPSA) is 123 Å². The molecule has 3 heterocycles. The van der Waals surface area contributed by atoms with E-state index in [9.17, 15) is 14.4 Å². The number of nitrogens with two attached hydrogens (primary N) is 1. The van der Waals surface area contributed by atoms with Gasteiger partial charge in [-0.3, -0.25) is 9.48 Å². The number of aromatic nitrogens is 4. The van der Waals surface area contributed by atoms with Gasteiger partial charge in [0, 0.05) is 20.6 Å². The van der Waals surface area contributed by atoms with Crippen molar-refractivity contribution in [2.45, 2.75) is 19.6 Å². The lowest BCUT2D eigenvalue weighted by molar-refractivity contribution is 0.0777. The van der Waals surface area contributed by atoms with Gasteiger partial charge in [-0.1, -0.05) is 6.07 Å². The Hall–Kier alpha value is -4.00. The second-order valence-electron chi connectivity index (χ2n) is 7.02. The van der Waals surface area contributed by atoms with Crippen molar-refractivity contribution in [1.29, 1.82) is 5.26 Å². The van der Waals surface area contributed by atoms with Gasteiger partial charge in [0.2, 0.25) is 0 Å². The van der Waals surface area contributed by atoms with Gasteiger partial charge in [-0.15, -0.1) is 0 Å². The molecule has 1 aliphatic rings. The minimum Gasteiger partial charge on any atom is -0.467 e. The van der Waals surface area contributed by atoms with E-state index >= 15 is 0 Å². The number of fused-ring (bicyclic) bond motifs is 5. The minimum atomic E-state index is -0.616. The van der Waals surface area contributed by atoms with E-state index in [-0.39, 0.29) is 40.9 Å². The summed E-state index contributed by atoms with van der Waals surface area (Å²) in [7, 11) is 3.18. The molecule has 1 aliphatic heterocycles. The van der Waals surface area contributed by atoms with Crippen LogP contribution in [-0.2, 0) is 13.6 Å². The Labute approximate surface area is 171 Å². The fourth-order valence-electron chi connectivity index (χ4n) is 3.46. The molecule has 2 N–H and O–H groups in total. The summed E-state index contributed by atoms with van der Waals surface area (Å²) in [4.78, 5) is 23.2. The van der Waals surface area contributed by atoms with Crippen LogP contribution in [0, 0.1) is 17.1 Å². The molecule has 1 aromatic carbocycles. The first-order chi connectivity index (χ1) is 14.3. The van der Waals surface area contributed by atoms with Crippen LogP contribution < -0.4 is 10.5 Å². The summed E-state index contributed by atoms with van der Waals surface area (Å²) in [5, 5.41) is 13.9. The first kappa shape index (κ1) is 19.3. The molecule has 0 saturated heterocycles. The molecule has 0 spiro atoms. The van der Waals surface area contributed by atoms with E-state index < -0.39 is 17.8 Å². The number of amides is 1. The number of aryl methyl sites for hydroxylation is 1. The van der Waals surface area contributed by atoms with Crippen LogP contribution >= 0.6 is 0 Å². The van der Waals surface area contributed by atoms with E-state index in [4.69, 9.17) is 10.5 Å². The SMILES string of the molecule is CC1Oc2nc(cnc2N)-c2c(nn(C)c2C#N)C(=O)N(C)Cc2ccc(F)cc21. The largest absolute Gasteiger partial charge is 0.467 e.